The molecule has 4 rings (SSSR count). The van der Waals surface area contributed by atoms with Gasteiger partial charge in [-0.15, -0.1) is 11.3 Å². The Bertz CT molecular complexity index is 1120. The van der Waals surface area contributed by atoms with Gasteiger partial charge in [-0.2, -0.15) is 5.10 Å². The van der Waals surface area contributed by atoms with Crippen molar-refractivity contribution in [1.82, 2.24) is 9.78 Å². The topological polar surface area (TPSA) is 64.0 Å². The molecule has 0 aliphatic carbocycles. The maximum Gasteiger partial charge on any atom is 0.275 e. The number of nitrogens with one attached hydrogen (secondary N) is 1. The predicted octanol–water partition coefficient (Wildman–Crippen LogP) is 3.76. The first-order chi connectivity index (χ1) is 12.7. The number of anilines is 1. The molecule has 26 heavy (non-hydrogen) atoms. The number of amides is 1. The van der Waals surface area contributed by atoms with Crippen molar-refractivity contribution >= 4 is 33.7 Å². The molecule has 0 fully saturated rings. The van der Waals surface area contributed by atoms with Crippen LogP contribution in [-0.2, 0) is 11.3 Å². The third-order valence-electron chi connectivity index (χ3n) is 3.97. The van der Waals surface area contributed by atoms with Crippen LogP contribution in [0.25, 0.3) is 21.3 Å². The lowest BCUT2D eigenvalue weighted by Gasteiger charge is -2.10. The van der Waals surface area contributed by atoms with Crippen LogP contribution in [0.5, 0.6) is 0 Å². The smallest absolute Gasteiger partial charge is 0.275 e. The van der Waals surface area contributed by atoms with Gasteiger partial charge in [-0.05, 0) is 29.6 Å². The Morgan fingerprint density at radius 2 is 1.69 bits per heavy atom. The largest absolute Gasteiger partial charge is 0.324 e. The molecule has 0 saturated heterocycles. The average molecular weight is 361 g/mol. The molecule has 0 unspecified atom stereocenters. The van der Waals surface area contributed by atoms with Gasteiger partial charge in [0.2, 0.25) is 5.91 Å². The molecule has 6 heteroatoms. The fraction of sp³-hybridized carbons (Fsp3) is 0.0500. The molecular formula is C20H15N3O2S. The SMILES string of the molecule is O=C(Cn1nc(-c2cccs2)c2ccccc2c1=O)Nc1ccccc1. The number of benzene rings is 2. The molecular weight excluding hydrogens is 346 g/mol. The lowest BCUT2D eigenvalue weighted by Crippen LogP contribution is -2.30. The number of aromatic nitrogens is 2. The fourth-order valence-corrected chi connectivity index (χ4v) is 3.52. The normalized spacial score (nSPS) is 10.8. The molecule has 1 N–H and O–H groups in total. The summed E-state index contributed by atoms with van der Waals surface area (Å²) in [4.78, 5) is 26.1. The summed E-state index contributed by atoms with van der Waals surface area (Å²) in [6.07, 6.45) is 0. The molecule has 0 atom stereocenters. The van der Waals surface area contributed by atoms with Crippen molar-refractivity contribution in [3.8, 4) is 10.6 Å². The van der Waals surface area contributed by atoms with Crippen LogP contribution in [0.4, 0.5) is 5.69 Å². The summed E-state index contributed by atoms with van der Waals surface area (Å²) in [6.45, 7) is -0.142. The first-order valence-corrected chi connectivity index (χ1v) is 8.99. The number of thiophene rings is 1. The van der Waals surface area contributed by atoms with Crippen molar-refractivity contribution in [3.05, 3.63) is 82.5 Å². The first-order valence-electron chi connectivity index (χ1n) is 8.11. The van der Waals surface area contributed by atoms with Crippen LogP contribution in [0.15, 0.2) is 76.9 Å². The quantitative estimate of drug-likeness (QED) is 0.602. The van der Waals surface area contributed by atoms with Gasteiger partial charge in [0, 0.05) is 11.1 Å². The number of rotatable bonds is 4. The summed E-state index contributed by atoms with van der Waals surface area (Å²) >= 11 is 1.55. The van der Waals surface area contributed by atoms with Crippen molar-refractivity contribution in [2.24, 2.45) is 0 Å². The number of hydrogen-bond acceptors (Lipinski definition) is 4. The third kappa shape index (κ3) is 3.14. The van der Waals surface area contributed by atoms with Crippen LogP contribution in [0, 0.1) is 0 Å². The van der Waals surface area contributed by atoms with Crippen LogP contribution >= 0.6 is 11.3 Å². The molecule has 0 saturated carbocycles. The first kappa shape index (κ1) is 16.2. The highest BCUT2D eigenvalue weighted by Crippen LogP contribution is 2.28. The molecule has 4 aromatic rings. The second-order valence-electron chi connectivity index (χ2n) is 5.75. The van der Waals surface area contributed by atoms with Crippen LogP contribution in [-0.4, -0.2) is 15.7 Å². The van der Waals surface area contributed by atoms with Crippen LogP contribution in [0.2, 0.25) is 0 Å². The average Bonchev–Trinajstić information content (AvgIpc) is 3.19. The molecule has 0 aliphatic rings. The predicted molar refractivity (Wildman–Crippen MR) is 104 cm³/mol. The second kappa shape index (κ2) is 6.93. The van der Waals surface area contributed by atoms with Crippen LogP contribution in [0.3, 0.4) is 0 Å². The zero-order valence-corrected chi connectivity index (χ0v) is 14.6. The van der Waals surface area contributed by atoms with Gasteiger partial charge in [-0.3, -0.25) is 9.59 Å². The molecule has 5 nitrogen and oxygen atoms in total. The lowest BCUT2D eigenvalue weighted by molar-refractivity contribution is -0.117. The summed E-state index contributed by atoms with van der Waals surface area (Å²) in [5.41, 5.74) is 1.12. The van der Waals surface area contributed by atoms with Crippen molar-refractivity contribution in [3.63, 3.8) is 0 Å². The second-order valence-corrected chi connectivity index (χ2v) is 6.70. The molecule has 2 aromatic heterocycles. The van der Waals surface area contributed by atoms with Gasteiger partial charge in [-0.25, -0.2) is 4.68 Å². The minimum atomic E-state index is -0.293. The van der Waals surface area contributed by atoms with E-state index >= 15 is 0 Å². The van der Waals surface area contributed by atoms with E-state index in [9.17, 15) is 9.59 Å². The number of nitrogens with zero attached hydrogens (tertiary/aromatic N) is 2. The minimum Gasteiger partial charge on any atom is -0.324 e. The standard InChI is InChI=1S/C20H15N3O2S/c24-18(21-14-7-2-1-3-8-14)13-23-20(25)16-10-5-4-9-15(16)19(22-23)17-11-6-12-26-17/h1-12H,13H2,(H,21,24). The van der Waals surface area contributed by atoms with E-state index in [0.717, 1.165) is 10.3 Å². The number of carbonyl (C=O) groups excluding carboxylic acids is 1. The number of para-hydroxylation sites is 1. The van der Waals surface area contributed by atoms with E-state index in [1.807, 2.05) is 53.9 Å². The van der Waals surface area contributed by atoms with Gasteiger partial charge < -0.3 is 5.32 Å². The van der Waals surface area contributed by atoms with Gasteiger partial charge >= 0.3 is 0 Å². The Morgan fingerprint density at radius 3 is 2.42 bits per heavy atom. The highest BCUT2D eigenvalue weighted by Gasteiger charge is 2.14. The number of hydrogen-bond donors (Lipinski definition) is 1. The van der Waals surface area contributed by atoms with Gasteiger partial charge in [0.15, 0.2) is 0 Å². The number of fused-ring (bicyclic) bond motifs is 1. The molecule has 128 valence electrons. The van der Waals surface area contributed by atoms with Crippen LogP contribution in [0.1, 0.15) is 0 Å². The van der Waals surface area contributed by atoms with Gasteiger partial charge in [-0.1, -0.05) is 42.5 Å². The zero-order chi connectivity index (χ0) is 17.9. The molecule has 0 spiro atoms. The summed E-state index contributed by atoms with van der Waals surface area (Å²) < 4.78 is 1.23. The summed E-state index contributed by atoms with van der Waals surface area (Å²) in [5.74, 6) is -0.293. The molecule has 0 bridgehead atoms. The van der Waals surface area contributed by atoms with Crippen molar-refractivity contribution < 1.29 is 4.79 Å². The summed E-state index contributed by atoms with van der Waals surface area (Å²) in [6, 6.07) is 20.4. The van der Waals surface area contributed by atoms with E-state index in [-0.39, 0.29) is 18.0 Å². The van der Waals surface area contributed by atoms with Gasteiger partial charge in [0.25, 0.3) is 5.56 Å². The van der Waals surface area contributed by atoms with E-state index in [1.165, 1.54) is 4.68 Å². The van der Waals surface area contributed by atoms with E-state index in [2.05, 4.69) is 10.4 Å². The zero-order valence-electron chi connectivity index (χ0n) is 13.8. The Balaban J connectivity index is 1.74. The Labute approximate surface area is 153 Å². The van der Waals surface area contributed by atoms with E-state index in [0.29, 0.717) is 16.8 Å². The van der Waals surface area contributed by atoms with Crippen molar-refractivity contribution in [2.75, 3.05) is 5.32 Å². The molecule has 0 radical (unpaired) electrons. The maximum absolute atomic E-state index is 12.8. The highest BCUT2D eigenvalue weighted by atomic mass is 32.1. The van der Waals surface area contributed by atoms with Crippen molar-refractivity contribution in [2.45, 2.75) is 6.54 Å². The van der Waals surface area contributed by atoms with E-state index in [1.54, 1.807) is 29.5 Å². The third-order valence-corrected chi connectivity index (χ3v) is 4.85. The maximum atomic E-state index is 12.8. The summed E-state index contributed by atoms with van der Waals surface area (Å²) in [5, 5.41) is 10.6. The highest BCUT2D eigenvalue weighted by molar-refractivity contribution is 7.13. The fourth-order valence-electron chi connectivity index (χ4n) is 2.80. The minimum absolute atomic E-state index is 0.142. The molecule has 0 aliphatic heterocycles. The van der Waals surface area contributed by atoms with Crippen LogP contribution < -0.4 is 10.9 Å². The summed E-state index contributed by atoms with van der Waals surface area (Å²) in [7, 11) is 0. The number of carbonyl (C=O) groups is 1. The monoisotopic (exact) mass is 361 g/mol. The van der Waals surface area contributed by atoms with Gasteiger partial charge in [0.05, 0.1) is 10.3 Å². The molecule has 1 amide bonds. The Kier molecular flexibility index (Phi) is 4.33. The molecule has 2 heterocycles. The van der Waals surface area contributed by atoms with Crippen molar-refractivity contribution in [1.29, 1.82) is 0 Å². The van der Waals surface area contributed by atoms with E-state index in [4.69, 9.17) is 0 Å². The Morgan fingerprint density at radius 1 is 0.962 bits per heavy atom. The lowest BCUT2D eigenvalue weighted by atomic mass is 10.1. The Hall–Kier alpha value is -3.25. The molecule has 2 aromatic carbocycles. The van der Waals surface area contributed by atoms with Gasteiger partial charge in [0.1, 0.15) is 12.2 Å². The van der Waals surface area contributed by atoms with E-state index < -0.39 is 0 Å².